The highest BCUT2D eigenvalue weighted by molar-refractivity contribution is 14.1. The Morgan fingerprint density at radius 2 is 2.04 bits per heavy atom. The lowest BCUT2D eigenvalue weighted by Gasteiger charge is -2.11. The van der Waals surface area contributed by atoms with Crippen LogP contribution in [0.1, 0.15) is 5.56 Å². The zero-order valence-corrected chi connectivity index (χ0v) is 15.8. The number of hydrogen-bond donors (Lipinski definition) is 0. The van der Waals surface area contributed by atoms with Crippen LogP contribution in [0.4, 0.5) is 5.69 Å². The highest BCUT2D eigenvalue weighted by atomic mass is 125. The summed E-state index contributed by atoms with van der Waals surface area (Å²) in [6.45, 7) is 0.726. The maximum Gasteiger partial charge on any atom is 0.119 e. The summed E-state index contributed by atoms with van der Waals surface area (Å²) in [4.78, 5) is 11.7. The summed E-state index contributed by atoms with van der Waals surface area (Å²) in [5.41, 5.74) is 13.4. The first-order chi connectivity index (χ1) is 12.7. The minimum atomic E-state index is 0.587. The van der Waals surface area contributed by atoms with E-state index in [0.717, 1.165) is 37.8 Å². The molecular formula is C19H13IN6. The number of aromatic nitrogens is 3. The van der Waals surface area contributed by atoms with E-state index in [0.29, 0.717) is 5.69 Å². The molecule has 4 rings (SSSR count). The summed E-state index contributed by atoms with van der Waals surface area (Å²) < 4.78 is 3.02. The van der Waals surface area contributed by atoms with E-state index in [1.54, 1.807) is 12.3 Å². The van der Waals surface area contributed by atoms with Gasteiger partial charge in [0.15, 0.2) is 0 Å². The fraction of sp³-hybridized carbons (Fsp3) is 0.0526. The maximum absolute atomic E-state index is 8.70. The third-order valence-electron chi connectivity index (χ3n) is 4.05. The minimum Gasteiger partial charge on any atom is -0.332 e. The number of imidazole rings is 1. The molecule has 26 heavy (non-hydrogen) atoms. The van der Waals surface area contributed by atoms with Crippen molar-refractivity contribution in [3.63, 3.8) is 0 Å². The molecule has 2 aromatic carbocycles. The van der Waals surface area contributed by atoms with Crippen molar-refractivity contribution in [2.75, 3.05) is 0 Å². The smallest absolute Gasteiger partial charge is 0.119 e. The molecule has 0 aliphatic rings. The van der Waals surface area contributed by atoms with Gasteiger partial charge in [0.05, 0.1) is 11.8 Å². The number of rotatable bonds is 4. The third-order valence-corrected chi connectivity index (χ3v) is 4.61. The van der Waals surface area contributed by atoms with E-state index >= 15 is 0 Å². The van der Waals surface area contributed by atoms with Crippen LogP contribution in [0.25, 0.3) is 32.5 Å². The lowest BCUT2D eigenvalue weighted by atomic mass is 9.98. The van der Waals surface area contributed by atoms with Gasteiger partial charge in [-0.3, -0.25) is 4.98 Å². The van der Waals surface area contributed by atoms with Gasteiger partial charge in [-0.1, -0.05) is 29.4 Å². The standard InChI is InChI=1S/C19H13IN6/c20-18-11-26(12-23-18)10-13-7-15-4-2-6-22-19(15)17(8-13)14-3-1-5-16(9-14)24-25-21/h1-9,11-12H,10H2/i20-2. The zero-order valence-electron chi connectivity index (χ0n) is 13.6. The highest BCUT2D eigenvalue weighted by Gasteiger charge is 2.09. The van der Waals surface area contributed by atoms with E-state index in [1.165, 1.54) is 0 Å². The number of hydrogen-bond acceptors (Lipinski definition) is 3. The number of azide groups is 1. The Hall–Kier alpha value is -2.90. The predicted molar refractivity (Wildman–Crippen MR) is 110 cm³/mol. The van der Waals surface area contributed by atoms with Crippen molar-refractivity contribution in [2.45, 2.75) is 6.54 Å². The summed E-state index contributed by atoms with van der Waals surface area (Å²) in [6, 6.07) is 15.8. The predicted octanol–water partition coefficient (Wildman–Crippen LogP) is 5.69. The maximum atomic E-state index is 8.70. The molecule has 0 fully saturated rings. The van der Waals surface area contributed by atoms with Gasteiger partial charge in [-0.2, -0.15) is 0 Å². The van der Waals surface area contributed by atoms with E-state index < -0.39 is 0 Å². The molecule has 2 heterocycles. The SMILES string of the molecule is [N-]=[N+]=Nc1cccc(-c2cc(Cn3cnc([125I])c3)cc3cccnc23)c1. The Morgan fingerprint density at radius 1 is 1.12 bits per heavy atom. The van der Waals surface area contributed by atoms with Crippen molar-refractivity contribution < 1.29 is 0 Å². The first kappa shape index (κ1) is 16.6. The molecule has 0 aliphatic heterocycles. The Kier molecular flexibility index (Phi) is 4.55. The van der Waals surface area contributed by atoms with E-state index in [-0.39, 0.29) is 0 Å². The molecule has 0 amide bonds. The van der Waals surface area contributed by atoms with Crippen molar-refractivity contribution in [2.24, 2.45) is 5.11 Å². The van der Waals surface area contributed by atoms with Crippen LogP contribution in [0, 0.1) is 3.70 Å². The summed E-state index contributed by atoms with van der Waals surface area (Å²) in [5, 5.41) is 4.79. The van der Waals surface area contributed by atoms with Crippen molar-refractivity contribution in [3.8, 4) is 11.1 Å². The lowest BCUT2D eigenvalue weighted by molar-refractivity contribution is 0.798. The topological polar surface area (TPSA) is 79.5 Å². The van der Waals surface area contributed by atoms with E-state index in [4.69, 9.17) is 5.53 Å². The number of halogens is 1. The van der Waals surface area contributed by atoms with E-state index in [9.17, 15) is 0 Å². The average Bonchev–Trinajstić information content (AvgIpc) is 3.06. The lowest BCUT2D eigenvalue weighted by Crippen LogP contribution is -1.98. The molecule has 0 radical (unpaired) electrons. The summed E-state index contributed by atoms with van der Waals surface area (Å²) in [7, 11) is 0. The van der Waals surface area contributed by atoms with Crippen LogP contribution in [0.15, 0.2) is 72.4 Å². The van der Waals surface area contributed by atoms with Gasteiger partial charge >= 0.3 is 0 Å². The average molecular weight is 450 g/mol. The number of fused-ring (bicyclic) bond motifs is 1. The third kappa shape index (κ3) is 3.40. The molecule has 0 bridgehead atoms. The van der Waals surface area contributed by atoms with Crippen LogP contribution in [0.5, 0.6) is 0 Å². The number of nitrogens with zero attached hydrogens (tertiary/aromatic N) is 6. The quantitative estimate of drug-likeness (QED) is 0.173. The first-order valence-corrected chi connectivity index (χ1v) is 9.01. The van der Waals surface area contributed by atoms with Gasteiger partial charge in [0.25, 0.3) is 0 Å². The Morgan fingerprint density at radius 3 is 2.85 bits per heavy atom. The minimum absolute atomic E-state index is 0.587. The van der Waals surface area contributed by atoms with Gasteiger partial charge < -0.3 is 4.57 Å². The van der Waals surface area contributed by atoms with Gasteiger partial charge in [0, 0.05) is 40.5 Å². The molecule has 0 saturated heterocycles. The van der Waals surface area contributed by atoms with Crippen LogP contribution in [-0.2, 0) is 6.54 Å². The largest absolute Gasteiger partial charge is 0.332 e. The second kappa shape index (κ2) is 7.15. The fourth-order valence-electron chi connectivity index (χ4n) is 2.98. The molecule has 2 aromatic heterocycles. The highest BCUT2D eigenvalue weighted by Crippen LogP contribution is 2.31. The molecule has 0 unspecified atom stereocenters. The van der Waals surface area contributed by atoms with Crippen molar-refractivity contribution >= 4 is 39.2 Å². The zero-order chi connectivity index (χ0) is 17.9. The van der Waals surface area contributed by atoms with Crippen LogP contribution in [0.2, 0.25) is 0 Å². The Balaban J connectivity index is 1.87. The molecular weight excluding hydrogens is 437 g/mol. The van der Waals surface area contributed by atoms with Crippen LogP contribution in [0.3, 0.4) is 0 Å². The molecule has 7 heteroatoms. The summed E-state index contributed by atoms with van der Waals surface area (Å²) in [5.74, 6) is 0. The van der Waals surface area contributed by atoms with Crippen LogP contribution >= 0.6 is 22.6 Å². The molecule has 0 saturated carbocycles. The van der Waals surface area contributed by atoms with Crippen LogP contribution < -0.4 is 0 Å². The molecule has 4 aromatic rings. The van der Waals surface area contributed by atoms with Crippen molar-refractivity contribution in [3.05, 3.63) is 87.0 Å². The molecule has 0 N–H and O–H groups in total. The normalized spacial score (nSPS) is 10.7. The van der Waals surface area contributed by atoms with Gasteiger partial charge in [-0.05, 0) is 63.5 Å². The Bertz CT molecular complexity index is 1140. The van der Waals surface area contributed by atoms with E-state index in [2.05, 4.69) is 65.4 Å². The van der Waals surface area contributed by atoms with Gasteiger partial charge in [-0.15, -0.1) is 0 Å². The molecule has 6 nitrogen and oxygen atoms in total. The van der Waals surface area contributed by atoms with Crippen molar-refractivity contribution in [1.29, 1.82) is 0 Å². The van der Waals surface area contributed by atoms with Crippen LogP contribution in [-0.4, -0.2) is 14.5 Å². The summed E-state index contributed by atoms with van der Waals surface area (Å²) >= 11 is 2.20. The number of pyridine rings is 1. The fourth-order valence-corrected chi connectivity index (χ4v) is 3.47. The van der Waals surface area contributed by atoms with E-state index in [1.807, 2.05) is 36.8 Å². The molecule has 126 valence electrons. The van der Waals surface area contributed by atoms with Gasteiger partial charge in [0.2, 0.25) is 0 Å². The number of benzene rings is 2. The first-order valence-electron chi connectivity index (χ1n) is 7.93. The van der Waals surface area contributed by atoms with Gasteiger partial charge in [0.1, 0.15) is 3.70 Å². The second-order valence-electron chi connectivity index (χ2n) is 5.83. The van der Waals surface area contributed by atoms with Gasteiger partial charge in [-0.25, -0.2) is 4.98 Å². The molecule has 0 spiro atoms. The Labute approximate surface area is 163 Å². The molecule has 0 atom stereocenters. The van der Waals surface area contributed by atoms with Crippen molar-refractivity contribution in [1.82, 2.24) is 14.5 Å². The molecule has 0 aliphatic carbocycles. The second-order valence-corrected chi connectivity index (χ2v) is 6.93. The summed E-state index contributed by atoms with van der Waals surface area (Å²) in [6.07, 6.45) is 5.63. The monoisotopic (exact) mass is 450 g/mol.